The SMILES string of the molecule is CC1CN(C)CCN(C)CN(C)C1. The molecule has 0 N–H and O–H groups in total. The Bertz CT molecular complexity index is 133. The number of likely N-dealkylation sites (N-methyl/N-ethyl adjacent to an activating group) is 2. The van der Waals surface area contributed by atoms with Crippen molar-refractivity contribution in [2.45, 2.75) is 6.92 Å². The average molecular weight is 185 g/mol. The Hall–Kier alpha value is -0.120. The van der Waals surface area contributed by atoms with Gasteiger partial charge in [-0.25, -0.2) is 0 Å². The molecule has 0 amide bonds. The Labute approximate surface area is 82.3 Å². The normalized spacial score (nSPS) is 30.9. The number of hydrogen-bond acceptors (Lipinski definition) is 3. The molecule has 1 heterocycles. The van der Waals surface area contributed by atoms with Crippen LogP contribution >= 0.6 is 0 Å². The Morgan fingerprint density at radius 1 is 0.846 bits per heavy atom. The molecule has 3 nitrogen and oxygen atoms in total. The molecule has 1 atom stereocenters. The molecule has 0 aromatic carbocycles. The van der Waals surface area contributed by atoms with Gasteiger partial charge in [0.2, 0.25) is 0 Å². The van der Waals surface area contributed by atoms with E-state index in [1.54, 1.807) is 0 Å². The van der Waals surface area contributed by atoms with Gasteiger partial charge in [0.1, 0.15) is 0 Å². The second-order valence-electron chi connectivity index (χ2n) is 4.63. The van der Waals surface area contributed by atoms with Gasteiger partial charge in [0.05, 0.1) is 6.67 Å². The first-order chi connectivity index (χ1) is 6.08. The molecule has 13 heavy (non-hydrogen) atoms. The molecule has 78 valence electrons. The van der Waals surface area contributed by atoms with E-state index in [0.29, 0.717) is 0 Å². The Morgan fingerprint density at radius 2 is 1.38 bits per heavy atom. The summed E-state index contributed by atoms with van der Waals surface area (Å²) < 4.78 is 0. The quantitative estimate of drug-likeness (QED) is 0.540. The summed E-state index contributed by atoms with van der Waals surface area (Å²) in [6.07, 6.45) is 0. The van der Waals surface area contributed by atoms with Gasteiger partial charge in [0.15, 0.2) is 0 Å². The van der Waals surface area contributed by atoms with E-state index < -0.39 is 0 Å². The first-order valence-electron chi connectivity index (χ1n) is 5.13. The number of hydrogen-bond donors (Lipinski definition) is 0. The van der Waals surface area contributed by atoms with E-state index in [4.69, 9.17) is 0 Å². The minimum atomic E-state index is 0.779. The van der Waals surface area contributed by atoms with Crippen LogP contribution in [0.1, 0.15) is 6.92 Å². The van der Waals surface area contributed by atoms with Crippen LogP contribution in [0.25, 0.3) is 0 Å². The van der Waals surface area contributed by atoms with Crippen molar-refractivity contribution >= 4 is 0 Å². The minimum Gasteiger partial charge on any atom is -0.305 e. The zero-order chi connectivity index (χ0) is 9.84. The van der Waals surface area contributed by atoms with E-state index in [-0.39, 0.29) is 0 Å². The lowest BCUT2D eigenvalue weighted by molar-refractivity contribution is 0.178. The van der Waals surface area contributed by atoms with Crippen LogP contribution in [0.3, 0.4) is 0 Å². The second kappa shape index (κ2) is 4.94. The van der Waals surface area contributed by atoms with E-state index in [9.17, 15) is 0 Å². The molecule has 0 aliphatic carbocycles. The summed E-state index contributed by atoms with van der Waals surface area (Å²) in [5.41, 5.74) is 0. The van der Waals surface area contributed by atoms with E-state index in [2.05, 4.69) is 42.8 Å². The van der Waals surface area contributed by atoms with Crippen LogP contribution < -0.4 is 0 Å². The summed E-state index contributed by atoms with van der Waals surface area (Å²) in [6.45, 7) is 8.21. The lowest BCUT2D eigenvalue weighted by Gasteiger charge is -2.24. The van der Waals surface area contributed by atoms with Gasteiger partial charge in [0.25, 0.3) is 0 Å². The van der Waals surface area contributed by atoms with Gasteiger partial charge >= 0.3 is 0 Å². The maximum atomic E-state index is 2.43. The molecule has 0 spiro atoms. The fourth-order valence-corrected chi connectivity index (χ4v) is 2.10. The van der Waals surface area contributed by atoms with Crippen molar-refractivity contribution in [1.29, 1.82) is 0 Å². The molecule has 1 fully saturated rings. The van der Waals surface area contributed by atoms with Crippen LogP contribution in [-0.2, 0) is 0 Å². The first kappa shape index (κ1) is 11.0. The second-order valence-corrected chi connectivity index (χ2v) is 4.63. The molecule has 0 radical (unpaired) electrons. The molecule has 1 rings (SSSR count). The van der Waals surface area contributed by atoms with Gasteiger partial charge in [-0.2, -0.15) is 0 Å². The topological polar surface area (TPSA) is 9.72 Å². The summed E-state index contributed by atoms with van der Waals surface area (Å²) in [5, 5.41) is 0. The maximum Gasteiger partial charge on any atom is 0.0501 e. The highest BCUT2D eigenvalue weighted by Gasteiger charge is 2.13. The van der Waals surface area contributed by atoms with Crippen molar-refractivity contribution in [1.82, 2.24) is 14.7 Å². The molecule has 0 aromatic rings. The van der Waals surface area contributed by atoms with Gasteiger partial charge < -0.3 is 4.90 Å². The molecule has 1 aliphatic heterocycles. The molecule has 0 bridgehead atoms. The summed E-state index contributed by atoms with van der Waals surface area (Å²) >= 11 is 0. The molecule has 1 saturated heterocycles. The van der Waals surface area contributed by atoms with E-state index in [1.807, 2.05) is 0 Å². The molecule has 1 aliphatic rings. The third kappa shape index (κ3) is 4.07. The van der Waals surface area contributed by atoms with Crippen molar-refractivity contribution in [3.8, 4) is 0 Å². The van der Waals surface area contributed by atoms with Crippen LogP contribution in [0.5, 0.6) is 0 Å². The van der Waals surface area contributed by atoms with Gasteiger partial charge in [-0.3, -0.25) is 9.80 Å². The zero-order valence-electron chi connectivity index (χ0n) is 9.45. The summed E-state index contributed by atoms with van der Waals surface area (Å²) in [6, 6.07) is 0. The average Bonchev–Trinajstić information content (AvgIpc) is 2.02. The molecule has 1 unspecified atom stereocenters. The predicted molar refractivity (Wildman–Crippen MR) is 56.8 cm³/mol. The Morgan fingerprint density at radius 3 is 2.08 bits per heavy atom. The van der Waals surface area contributed by atoms with Crippen LogP contribution in [0.2, 0.25) is 0 Å². The number of nitrogens with zero attached hydrogens (tertiary/aromatic N) is 3. The fourth-order valence-electron chi connectivity index (χ4n) is 2.10. The first-order valence-corrected chi connectivity index (χ1v) is 5.13. The minimum absolute atomic E-state index is 0.779. The maximum absolute atomic E-state index is 2.43. The van der Waals surface area contributed by atoms with Gasteiger partial charge in [-0.1, -0.05) is 6.92 Å². The highest BCUT2D eigenvalue weighted by atomic mass is 15.3. The molecule has 0 saturated carbocycles. The van der Waals surface area contributed by atoms with Crippen LogP contribution in [0.4, 0.5) is 0 Å². The Kier molecular flexibility index (Phi) is 4.16. The van der Waals surface area contributed by atoms with Gasteiger partial charge in [0, 0.05) is 26.2 Å². The molecule has 0 aromatic heterocycles. The lowest BCUT2D eigenvalue weighted by atomic mass is 10.1. The fraction of sp³-hybridized carbons (Fsp3) is 1.00. The smallest absolute Gasteiger partial charge is 0.0501 e. The van der Waals surface area contributed by atoms with E-state index >= 15 is 0 Å². The van der Waals surface area contributed by atoms with Crippen LogP contribution in [-0.4, -0.2) is 68.7 Å². The zero-order valence-corrected chi connectivity index (χ0v) is 9.45. The lowest BCUT2D eigenvalue weighted by Crippen LogP contribution is -2.35. The van der Waals surface area contributed by atoms with Gasteiger partial charge in [-0.15, -0.1) is 0 Å². The summed E-state index contributed by atoms with van der Waals surface area (Å²) in [5.74, 6) is 0.779. The van der Waals surface area contributed by atoms with Crippen LogP contribution in [0.15, 0.2) is 0 Å². The molecule has 3 heteroatoms. The Balaban J connectivity index is 2.47. The summed E-state index contributed by atoms with van der Waals surface area (Å²) in [7, 11) is 6.62. The standard InChI is InChI=1S/C10H23N3/c1-10-7-11(2)5-6-12(3)9-13(4)8-10/h10H,5-9H2,1-4H3. The van der Waals surface area contributed by atoms with Crippen molar-refractivity contribution in [2.75, 3.05) is 54.0 Å². The molecular formula is C10H23N3. The number of rotatable bonds is 0. The highest BCUT2D eigenvalue weighted by Crippen LogP contribution is 2.04. The highest BCUT2D eigenvalue weighted by molar-refractivity contribution is 4.67. The van der Waals surface area contributed by atoms with Crippen molar-refractivity contribution in [3.63, 3.8) is 0 Å². The van der Waals surface area contributed by atoms with Gasteiger partial charge in [-0.05, 0) is 27.1 Å². The van der Waals surface area contributed by atoms with Crippen molar-refractivity contribution < 1.29 is 0 Å². The van der Waals surface area contributed by atoms with Crippen molar-refractivity contribution in [3.05, 3.63) is 0 Å². The third-order valence-corrected chi connectivity index (χ3v) is 2.59. The molecular weight excluding hydrogens is 162 g/mol. The predicted octanol–water partition coefficient (Wildman–Crippen LogP) is 0.389. The third-order valence-electron chi connectivity index (χ3n) is 2.59. The summed E-state index contributed by atoms with van der Waals surface area (Å²) in [4.78, 5) is 7.22. The van der Waals surface area contributed by atoms with Crippen molar-refractivity contribution in [2.24, 2.45) is 5.92 Å². The van der Waals surface area contributed by atoms with E-state index in [1.165, 1.54) is 26.2 Å². The monoisotopic (exact) mass is 185 g/mol. The largest absolute Gasteiger partial charge is 0.305 e. The van der Waals surface area contributed by atoms with E-state index in [0.717, 1.165) is 12.6 Å². The van der Waals surface area contributed by atoms with Crippen LogP contribution in [0, 0.1) is 5.92 Å².